The molecular formula is C20H25N3O3. The summed E-state index contributed by atoms with van der Waals surface area (Å²) in [5.41, 5.74) is 0.803. The Morgan fingerprint density at radius 1 is 1.27 bits per heavy atom. The summed E-state index contributed by atoms with van der Waals surface area (Å²) in [6.45, 7) is 4.84. The molecule has 3 rings (SSSR count). The lowest BCUT2D eigenvalue weighted by Gasteiger charge is -2.36. The van der Waals surface area contributed by atoms with Crippen molar-refractivity contribution in [1.29, 1.82) is 0 Å². The van der Waals surface area contributed by atoms with Crippen molar-refractivity contribution in [3.8, 4) is 11.3 Å². The number of hydrogen-bond acceptors (Lipinski definition) is 4. The third-order valence-corrected chi connectivity index (χ3v) is 4.95. The van der Waals surface area contributed by atoms with Gasteiger partial charge in [-0.3, -0.25) is 9.59 Å². The summed E-state index contributed by atoms with van der Waals surface area (Å²) in [6.07, 6.45) is 2.16. The monoisotopic (exact) mass is 355 g/mol. The number of nitrogens with one attached hydrogen (secondary N) is 1. The van der Waals surface area contributed by atoms with Gasteiger partial charge in [0.1, 0.15) is 17.0 Å². The van der Waals surface area contributed by atoms with Crippen molar-refractivity contribution in [2.24, 2.45) is 0 Å². The zero-order valence-electron chi connectivity index (χ0n) is 15.3. The average molecular weight is 355 g/mol. The number of likely N-dealkylation sites (N-methyl/N-ethyl adjacent to an activating group) is 1. The fourth-order valence-electron chi connectivity index (χ4n) is 3.69. The van der Waals surface area contributed by atoms with Gasteiger partial charge in [-0.05, 0) is 19.8 Å². The summed E-state index contributed by atoms with van der Waals surface area (Å²) in [4.78, 5) is 27.1. The number of nitrogens with zero attached hydrogens (tertiary/aromatic N) is 2. The Morgan fingerprint density at radius 2 is 2.04 bits per heavy atom. The summed E-state index contributed by atoms with van der Waals surface area (Å²) in [5, 5.41) is 7.05. The molecule has 1 aliphatic rings. The van der Waals surface area contributed by atoms with E-state index in [1.807, 2.05) is 50.2 Å². The molecule has 1 N–H and O–H groups in total. The number of amides is 2. The largest absolute Gasteiger partial charge is 0.361 e. The molecule has 0 saturated carbocycles. The SMILES string of the molecule is CCNC(=O)[C@]1(Cc2cc(-c3ccccc3)no2)CCCN1C(=O)CC. The molecular weight excluding hydrogens is 330 g/mol. The highest BCUT2D eigenvalue weighted by Crippen LogP contribution is 2.34. The van der Waals surface area contributed by atoms with Gasteiger partial charge in [0.05, 0.1) is 0 Å². The van der Waals surface area contributed by atoms with Gasteiger partial charge < -0.3 is 14.7 Å². The average Bonchev–Trinajstić information content (AvgIpc) is 3.30. The van der Waals surface area contributed by atoms with Crippen LogP contribution in [0.5, 0.6) is 0 Å². The van der Waals surface area contributed by atoms with Gasteiger partial charge in [-0.15, -0.1) is 0 Å². The Labute approximate surface area is 153 Å². The van der Waals surface area contributed by atoms with Crippen LogP contribution in [0.1, 0.15) is 38.9 Å². The first kappa shape index (κ1) is 18.2. The number of carbonyl (C=O) groups excluding carboxylic acids is 2. The summed E-state index contributed by atoms with van der Waals surface area (Å²) in [5.74, 6) is 0.499. The Hall–Kier alpha value is -2.63. The molecule has 138 valence electrons. The Kier molecular flexibility index (Phi) is 5.40. The van der Waals surface area contributed by atoms with Crippen molar-refractivity contribution < 1.29 is 14.1 Å². The van der Waals surface area contributed by atoms with Gasteiger partial charge in [0.25, 0.3) is 0 Å². The summed E-state index contributed by atoms with van der Waals surface area (Å²) >= 11 is 0. The normalized spacial score (nSPS) is 19.5. The van der Waals surface area contributed by atoms with Crippen LogP contribution in [0.3, 0.4) is 0 Å². The summed E-state index contributed by atoms with van der Waals surface area (Å²) < 4.78 is 5.53. The molecule has 1 saturated heterocycles. The first-order valence-corrected chi connectivity index (χ1v) is 9.20. The van der Waals surface area contributed by atoms with Crippen molar-refractivity contribution in [3.63, 3.8) is 0 Å². The van der Waals surface area contributed by atoms with E-state index in [0.717, 1.165) is 17.7 Å². The lowest BCUT2D eigenvalue weighted by molar-refractivity contribution is -0.145. The number of carbonyl (C=O) groups is 2. The van der Waals surface area contributed by atoms with E-state index in [1.54, 1.807) is 4.90 Å². The molecule has 1 aromatic heterocycles. The van der Waals surface area contributed by atoms with E-state index in [2.05, 4.69) is 10.5 Å². The molecule has 0 bridgehead atoms. The number of aromatic nitrogens is 1. The van der Waals surface area contributed by atoms with Gasteiger partial charge in [-0.1, -0.05) is 42.4 Å². The molecule has 6 heteroatoms. The maximum Gasteiger partial charge on any atom is 0.246 e. The van der Waals surface area contributed by atoms with Crippen molar-refractivity contribution in [1.82, 2.24) is 15.4 Å². The fourth-order valence-corrected chi connectivity index (χ4v) is 3.69. The van der Waals surface area contributed by atoms with Crippen molar-refractivity contribution >= 4 is 11.8 Å². The molecule has 1 aromatic carbocycles. The molecule has 0 spiro atoms. The van der Waals surface area contributed by atoms with E-state index in [-0.39, 0.29) is 11.8 Å². The molecule has 2 aromatic rings. The topological polar surface area (TPSA) is 75.4 Å². The van der Waals surface area contributed by atoms with Crippen LogP contribution >= 0.6 is 0 Å². The maximum atomic E-state index is 12.9. The van der Waals surface area contributed by atoms with E-state index in [9.17, 15) is 9.59 Å². The number of benzene rings is 1. The molecule has 1 fully saturated rings. The van der Waals surface area contributed by atoms with Gasteiger partial charge in [0, 0.05) is 37.6 Å². The third-order valence-electron chi connectivity index (χ3n) is 4.95. The van der Waals surface area contributed by atoms with Crippen molar-refractivity contribution in [2.45, 2.75) is 45.1 Å². The number of rotatable bonds is 6. The lowest BCUT2D eigenvalue weighted by atomic mass is 9.89. The van der Waals surface area contributed by atoms with Crippen LogP contribution in [0, 0.1) is 0 Å². The van der Waals surface area contributed by atoms with Crippen LogP contribution in [0.25, 0.3) is 11.3 Å². The van der Waals surface area contributed by atoms with Gasteiger partial charge in [-0.25, -0.2) is 0 Å². The molecule has 6 nitrogen and oxygen atoms in total. The summed E-state index contributed by atoms with van der Waals surface area (Å²) in [6, 6.07) is 11.6. The first-order chi connectivity index (χ1) is 12.6. The van der Waals surface area contributed by atoms with Gasteiger partial charge >= 0.3 is 0 Å². The second-order valence-electron chi connectivity index (χ2n) is 6.61. The van der Waals surface area contributed by atoms with Gasteiger partial charge in [0.2, 0.25) is 11.8 Å². The molecule has 26 heavy (non-hydrogen) atoms. The van der Waals surface area contributed by atoms with Crippen LogP contribution in [0.15, 0.2) is 40.9 Å². The highest BCUT2D eigenvalue weighted by molar-refractivity contribution is 5.92. The van der Waals surface area contributed by atoms with Crippen molar-refractivity contribution in [2.75, 3.05) is 13.1 Å². The molecule has 1 aliphatic heterocycles. The van der Waals surface area contributed by atoms with Gasteiger partial charge in [-0.2, -0.15) is 0 Å². The second kappa shape index (κ2) is 7.72. The molecule has 1 atom stereocenters. The van der Waals surface area contributed by atoms with Crippen LogP contribution < -0.4 is 5.32 Å². The molecule has 2 amide bonds. The van der Waals surface area contributed by atoms with E-state index < -0.39 is 5.54 Å². The van der Waals surface area contributed by atoms with E-state index >= 15 is 0 Å². The maximum absolute atomic E-state index is 12.9. The summed E-state index contributed by atoms with van der Waals surface area (Å²) in [7, 11) is 0. The lowest BCUT2D eigenvalue weighted by Crippen LogP contribution is -2.58. The Balaban J connectivity index is 1.90. The highest BCUT2D eigenvalue weighted by atomic mass is 16.5. The van der Waals surface area contributed by atoms with E-state index in [1.165, 1.54) is 0 Å². The van der Waals surface area contributed by atoms with Gasteiger partial charge in [0.15, 0.2) is 0 Å². The quantitative estimate of drug-likeness (QED) is 0.864. The van der Waals surface area contributed by atoms with Crippen LogP contribution in [0.4, 0.5) is 0 Å². The van der Waals surface area contributed by atoms with Crippen LogP contribution in [-0.2, 0) is 16.0 Å². The standard InChI is InChI=1S/C20H25N3O3/c1-3-18(24)23-12-8-11-20(23,19(25)21-4-2)14-16-13-17(22-26-16)15-9-6-5-7-10-15/h5-7,9-10,13H,3-4,8,11-12,14H2,1-2H3,(H,21,25)/t20-/m1/s1. The second-order valence-corrected chi connectivity index (χ2v) is 6.61. The Morgan fingerprint density at radius 3 is 2.73 bits per heavy atom. The minimum absolute atomic E-state index is 0.00319. The minimum Gasteiger partial charge on any atom is -0.361 e. The first-order valence-electron chi connectivity index (χ1n) is 9.20. The predicted octanol–water partition coefficient (Wildman–Crippen LogP) is 2.79. The van der Waals surface area contributed by atoms with Crippen LogP contribution in [0.2, 0.25) is 0 Å². The Bertz CT molecular complexity index is 772. The van der Waals surface area contributed by atoms with Crippen LogP contribution in [-0.4, -0.2) is 40.5 Å². The molecule has 0 aliphatic carbocycles. The third kappa shape index (κ3) is 3.36. The molecule has 2 heterocycles. The highest BCUT2D eigenvalue weighted by Gasteiger charge is 2.49. The number of likely N-dealkylation sites (tertiary alicyclic amines) is 1. The van der Waals surface area contributed by atoms with E-state index in [0.29, 0.717) is 38.1 Å². The molecule has 0 radical (unpaired) electrons. The zero-order valence-corrected chi connectivity index (χ0v) is 15.3. The fraction of sp³-hybridized carbons (Fsp3) is 0.450. The van der Waals surface area contributed by atoms with E-state index in [4.69, 9.17) is 4.52 Å². The number of hydrogen-bond donors (Lipinski definition) is 1. The molecule has 0 unspecified atom stereocenters. The zero-order chi connectivity index (χ0) is 18.6. The predicted molar refractivity (Wildman–Crippen MR) is 98.3 cm³/mol. The minimum atomic E-state index is -0.892. The smallest absolute Gasteiger partial charge is 0.246 e. The van der Waals surface area contributed by atoms with Crippen molar-refractivity contribution in [3.05, 3.63) is 42.2 Å².